The molecule has 2 heterocycles. The Morgan fingerprint density at radius 3 is 2.81 bits per heavy atom. The molecule has 2 aromatic heterocycles. The lowest BCUT2D eigenvalue weighted by Gasteiger charge is -2.06. The maximum Gasteiger partial charge on any atom is 0.339 e. The number of fused-ring (bicyclic) bond motifs is 1. The van der Waals surface area contributed by atoms with Crippen LogP contribution in [-0.4, -0.2) is 22.5 Å². The molecule has 0 atom stereocenters. The van der Waals surface area contributed by atoms with E-state index in [1.54, 1.807) is 13.0 Å². The van der Waals surface area contributed by atoms with Crippen LogP contribution in [0.2, 0.25) is 0 Å². The molecule has 4 nitrogen and oxygen atoms in total. The van der Waals surface area contributed by atoms with Crippen LogP contribution >= 0.6 is 0 Å². The SMILES string of the molecule is CCOC(=O)c1ccc(-c2c[nH]c3ccccc23)nc1C. The van der Waals surface area contributed by atoms with Crippen molar-refractivity contribution in [2.45, 2.75) is 13.8 Å². The van der Waals surface area contributed by atoms with Crippen LogP contribution in [-0.2, 0) is 4.74 Å². The minimum Gasteiger partial charge on any atom is -0.462 e. The Kier molecular flexibility index (Phi) is 3.44. The summed E-state index contributed by atoms with van der Waals surface area (Å²) in [6, 6.07) is 11.7. The van der Waals surface area contributed by atoms with E-state index < -0.39 is 0 Å². The Bertz CT molecular complexity index is 805. The molecule has 0 saturated carbocycles. The second-order valence-corrected chi connectivity index (χ2v) is 4.80. The van der Waals surface area contributed by atoms with Crippen molar-refractivity contribution in [2.24, 2.45) is 0 Å². The Balaban J connectivity index is 2.04. The van der Waals surface area contributed by atoms with Gasteiger partial charge in [-0.3, -0.25) is 4.98 Å². The summed E-state index contributed by atoms with van der Waals surface area (Å²) in [4.78, 5) is 19.6. The number of H-pyrrole nitrogens is 1. The lowest BCUT2D eigenvalue weighted by atomic mass is 10.1. The number of aromatic nitrogens is 2. The first-order chi connectivity index (χ1) is 10.2. The number of benzene rings is 1. The number of nitrogens with zero attached hydrogens (tertiary/aromatic N) is 1. The fourth-order valence-electron chi connectivity index (χ4n) is 2.42. The van der Waals surface area contributed by atoms with Crippen molar-refractivity contribution in [1.29, 1.82) is 0 Å². The molecule has 0 saturated heterocycles. The highest BCUT2D eigenvalue weighted by Gasteiger charge is 2.13. The molecule has 21 heavy (non-hydrogen) atoms. The zero-order valence-electron chi connectivity index (χ0n) is 12.0. The topological polar surface area (TPSA) is 55.0 Å². The molecule has 0 unspecified atom stereocenters. The van der Waals surface area contributed by atoms with Crippen LogP contribution in [0.1, 0.15) is 23.0 Å². The lowest BCUT2D eigenvalue weighted by Crippen LogP contribution is -2.08. The number of para-hydroxylation sites is 1. The Morgan fingerprint density at radius 1 is 1.24 bits per heavy atom. The van der Waals surface area contributed by atoms with Crippen LogP contribution in [0.15, 0.2) is 42.6 Å². The van der Waals surface area contributed by atoms with Gasteiger partial charge in [-0.1, -0.05) is 18.2 Å². The van der Waals surface area contributed by atoms with E-state index in [0.717, 1.165) is 22.2 Å². The molecule has 106 valence electrons. The molecule has 1 aromatic carbocycles. The number of hydrogen-bond acceptors (Lipinski definition) is 3. The average Bonchev–Trinajstić information content (AvgIpc) is 2.91. The molecule has 0 aliphatic carbocycles. The molecule has 1 N–H and O–H groups in total. The van der Waals surface area contributed by atoms with Gasteiger partial charge in [0.1, 0.15) is 0 Å². The predicted molar refractivity (Wildman–Crippen MR) is 82.2 cm³/mol. The Morgan fingerprint density at radius 2 is 2.05 bits per heavy atom. The summed E-state index contributed by atoms with van der Waals surface area (Å²) in [6.07, 6.45) is 1.94. The van der Waals surface area contributed by atoms with Gasteiger partial charge in [0, 0.05) is 22.7 Å². The summed E-state index contributed by atoms with van der Waals surface area (Å²) in [5.74, 6) is -0.326. The average molecular weight is 280 g/mol. The zero-order chi connectivity index (χ0) is 14.8. The summed E-state index contributed by atoms with van der Waals surface area (Å²) in [6.45, 7) is 3.98. The third-order valence-corrected chi connectivity index (χ3v) is 3.45. The van der Waals surface area contributed by atoms with Crippen molar-refractivity contribution >= 4 is 16.9 Å². The third-order valence-electron chi connectivity index (χ3n) is 3.45. The van der Waals surface area contributed by atoms with Crippen molar-refractivity contribution in [3.8, 4) is 11.3 Å². The van der Waals surface area contributed by atoms with Gasteiger partial charge in [-0.25, -0.2) is 4.79 Å². The van der Waals surface area contributed by atoms with Crippen molar-refractivity contribution in [3.63, 3.8) is 0 Å². The summed E-state index contributed by atoms with van der Waals surface area (Å²) in [5.41, 5.74) is 4.14. The molecule has 4 heteroatoms. The molecule has 0 radical (unpaired) electrons. The van der Waals surface area contributed by atoms with Gasteiger partial charge in [0.2, 0.25) is 0 Å². The normalized spacial score (nSPS) is 10.8. The molecular formula is C17H16N2O2. The van der Waals surface area contributed by atoms with Gasteiger partial charge in [0.15, 0.2) is 0 Å². The van der Waals surface area contributed by atoms with E-state index in [1.165, 1.54) is 0 Å². The molecule has 0 aliphatic rings. The highest BCUT2D eigenvalue weighted by Crippen LogP contribution is 2.27. The number of nitrogens with one attached hydrogen (secondary N) is 1. The zero-order valence-corrected chi connectivity index (χ0v) is 12.0. The molecule has 3 aromatic rings. The van der Waals surface area contributed by atoms with E-state index >= 15 is 0 Å². The number of pyridine rings is 1. The quantitative estimate of drug-likeness (QED) is 0.744. The number of rotatable bonds is 3. The van der Waals surface area contributed by atoms with E-state index in [-0.39, 0.29) is 5.97 Å². The number of esters is 1. The molecule has 3 rings (SSSR count). The summed E-state index contributed by atoms with van der Waals surface area (Å²) < 4.78 is 5.02. The van der Waals surface area contributed by atoms with Crippen LogP contribution < -0.4 is 0 Å². The monoisotopic (exact) mass is 280 g/mol. The number of hydrogen-bond donors (Lipinski definition) is 1. The summed E-state index contributed by atoms with van der Waals surface area (Å²) in [7, 11) is 0. The Hall–Kier alpha value is -2.62. The van der Waals surface area contributed by atoms with E-state index in [9.17, 15) is 4.79 Å². The number of aryl methyl sites for hydroxylation is 1. The largest absolute Gasteiger partial charge is 0.462 e. The fraction of sp³-hybridized carbons (Fsp3) is 0.176. The first-order valence-corrected chi connectivity index (χ1v) is 6.92. The van der Waals surface area contributed by atoms with E-state index in [2.05, 4.69) is 16.0 Å². The second-order valence-electron chi connectivity index (χ2n) is 4.80. The number of carbonyl (C=O) groups excluding carboxylic acids is 1. The van der Waals surface area contributed by atoms with Gasteiger partial charge in [0.05, 0.1) is 23.6 Å². The van der Waals surface area contributed by atoms with Crippen molar-refractivity contribution in [2.75, 3.05) is 6.61 Å². The summed E-state index contributed by atoms with van der Waals surface area (Å²) >= 11 is 0. The molecule has 0 spiro atoms. The van der Waals surface area contributed by atoms with E-state index in [0.29, 0.717) is 17.9 Å². The minimum atomic E-state index is -0.326. The number of ether oxygens (including phenoxy) is 1. The minimum absolute atomic E-state index is 0.326. The van der Waals surface area contributed by atoms with Gasteiger partial charge < -0.3 is 9.72 Å². The first kappa shape index (κ1) is 13.4. The standard InChI is InChI=1S/C17H16N2O2/c1-3-21-17(20)12-8-9-16(19-11(12)2)14-10-18-15-7-5-4-6-13(14)15/h4-10,18H,3H2,1-2H3. The molecule has 0 aliphatic heterocycles. The van der Waals surface area contributed by atoms with Gasteiger partial charge >= 0.3 is 5.97 Å². The van der Waals surface area contributed by atoms with Gasteiger partial charge in [0.25, 0.3) is 0 Å². The molecule has 0 amide bonds. The van der Waals surface area contributed by atoms with Crippen LogP contribution in [0.25, 0.3) is 22.2 Å². The lowest BCUT2D eigenvalue weighted by molar-refractivity contribution is 0.0525. The van der Waals surface area contributed by atoms with Crippen LogP contribution in [0.4, 0.5) is 0 Å². The maximum atomic E-state index is 11.8. The molecule has 0 bridgehead atoms. The summed E-state index contributed by atoms with van der Waals surface area (Å²) in [5, 5.41) is 1.12. The smallest absolute Gasteiger partial charge is 0.339 e. The highest BCUT2D eigenvalue weighted by atomic mass is 16.5. The van der Waals surface area contributed by atoms with Crippen LogP contribution in [0.3, 0.4) is 0 Å². The van der Waals surface area contributed by atoms with Crippen molar-refractivity contribution < 1.29 is 9.53 Å². The highest BCUT2D eigenvalue weighted by molar-refractivity contribution is 5.95. The molecule has 0 fully saturated rings. The van der Waals surface area contributed by atoms with Crippen LogP contribution in [0.5, 0.6) is 0 Å². The van der Waals surface area contributed by atoms with Gasteiger partial charge in [-0.05, 0) is 32.0 Å². The first-order valence-electron chi connectivity index (χ1n) is 6.92. The van der Waals surface area contributed by atoms with Gasteiger partial charge in [-0.15, -0.1) is 0 Å². The van der Waals surface area contributed by atoms with Gasteiger partial charge in [-0.2, -0.15) is 0 Å². The Labute approximate surface area is 122 Å². The van der Waals surface area contributed by atoms with E-state index in [4.69, 9.17) is 4.74 Å². The van der Waals surface area contributed by atoms with Crippen molar-refractivity contribution in [1.82, 2.24) is 9.97 Å². The third kappa shape index (κ3) is 2.40. The fourth-order valence-corrected chi connectivity index (χ4v) is 2.42. The van der Waals surface area contributed by atoms with E-state index in [1.807, 2.05) is 37.4 Å². The van der Waals surface area contributed by atoms with Crippen LogP contribution in [0, 0.1) is 6.92 Å². The molecular weight excluding hydrogens is 264 g/mol. The van der Waals surface area contributed by atoms with Crippen molar-refractivity contribution in [3.05, 3.63) is 53.9 Å². The predicted octanol–water partition coefficient (Wildman–Crippen LogP) is 3.72. The second kappa shape index (κ2) is 5.40. The maximum absolute atomic E-state index is 11.8. The number of carbonyl (C=O) groups is 1. The number of aromatic amines is 1.